The highest BCUT2D eigenvalue weighted by Crippen LogP contribution is 2.27. The van der Waals surface area contributed by atoms with Crippen molar-refractivity contribution in [2.75, 3.05) is 16.8 Å². The molecule has 1 aromatic rings. The van der Waals surface area contributed by atoms with Gasteiger partial charge in [-0.3, -0.25) is 9.00 Å². The van der Waals surface area contributed by atoms with Gasteiger partial charge in [-0.2, -0.15) is 0 Å². The Morgan fingerprint density at radius 3 is 2.71 bits per heavy atom. The van der Waals surface area contributed by atoms with Crippen LogP contribution in [0.1, 0.15) is 39.0 Å². The zero-order valence-electron chi connectivity index (χ0n) is 12.5. The third-order valence-electron chi connectivity index (χ3n) is 3.98. The lowest BCUT2D eigenvalue weighted by Gasteiger charge is -2.25. The summed E-state index contributed by atoms with van der Waals surface area (Å²) in [6, 6.07) is 7.04. The molecule has 0 bridgehead atoms. The van der Waals surface area contributed by atoms with Crippen molar-refractivity contribution in [3.63, 3.8) is 0 Å². The van der Waals surface area contributed by atoms with Gasteiger partial charge in [0.25, 0.3) is 0 Å². The van der Waals surface area contributed by atoms with E-state index in [0.29, 0.717) is 23.8 Å². The van der Waals surface area contributed by atoms with E-state index in [9.17, 15) is 9.00 Å². The summed E-state index contributed by atoms with van der Waals surface area (Å²) in [6.07, 6.45) is 4.78. The number of nitrogens with one attached hydrogen (secondary N) is 1. The van der Waals surface area contributed by atoms with Crippen molar-refractivity contribution >= 4 is 28.1 Å². The summed E-state index contributed by atoms with van der Waals surface area (Å²) in [4.78, 5) is 11.9. The molecule has 1 fully saturated rings. The Morgan fingerprint density at radius 1 is 1.33 bits per heavy atom. The highest BCUT2D eigenvalue weighted by molar-refractivity contribution is 7.85. The molecule has 0 saturated heterocycles. The van der Waals surface area contributed by atoms with Gasteiger partial charge in [-0.25, -0.2) is 0 Å². The Morgan fingerprint density at radius 2 is 2.05 bits per heavy atom. The molecule has 0 spiro atoms. The van der Waals surface area contributed by atoms with Crippen LogP contribution >= 0.6 is 0 Å². The van der Waals surface area contributed by atoms with E-state index in [1.165, 1.54) is 6.42 Å². The second-order valence-corrected chi connectivity index (χ2v) is 7.74. The average Bonchev–Trinajstić information content (AvgIpc) is 2.47. The minimum Gasteiger partial charge on any atom is -0.399 e. The number of carbonyl (C=O) groups is 1. The molecule has 116 valence electrons. The van der Waals surface area contributed by atoms with Crippen LogP contribution in [0.4, 0.5) is 11.4 Å². The number of nitrogens with two attached hydrogens (primary N) is 1. The summed E-state index contributed by atoms with van der Waals surface area (Å²) in [7, 11) is -0.890. The van der Waals surface area contributed by atoms with Crippen LogP contribution < -0.4 is 11.1 Å². The number of benzene rings is 1. The van der Waals surface area contributed by atoms with Gasteiger partial charge in [-0.1, -0.05) is 19.8 Å². The van der Waals surface area contributed by atoms with Crippen LogP contribution in [0, 0.1) is 5.92 Å². The van der Waals surface area contributed by atoms with Gasteiger partial charge in [0.05, 0.1) is 0 Å². The molecule has 5 heteroatoms. The molecule has 2 rings (SSSR count). The maximum Gasteiger partial charge on any atom is 0.225 e. The van der Waals surface area contributed by atoms with Crippen molar-refractivity contribution in [2.24, 2.45) is 5.92 Å². The molecule has 0 aromatic heterocycles. The number of rotatable bonds is 5. The first kappa shape index (κ1) is 16.0. The van der Waals surface area contributed by atoms with Crippen LogP contribution in [0.3, 0.4) is 0 Å². The lowest BCUT2D eigenvalue weighted by atomic mass is 9.91. The van der Waals surface area contributed by atoms with Gasteiger partial charge < -0.3 is 11.1 Å². The molecule has 0 radical (unpaired) electrons. The van der Waals surface area contributed by atoms with Gasteiger partial charge in [-0.15, -0.1) is 0 Å². The number of anilines is 2. The van der Waals surface area contributed by atoms with Crippen molar-refractivity contribution in [1.82, 2.24) is 0 Å². The Bertz CT molecular complexity index is 502. The second kappa shape index (κ2) is 7.59. The highest BCUT2D eigenvalue weighted by Gasteiger charge is 2.24. The molecule has 3 atom stereocenters. The zero-order chi connectivity index (χ0) is 15.2. The predicted octanol–water partition coefficient (Wildman–Crippen LogP) is 2.92. The van der Waals surface area contributed by atoms with Crippen molar-refractivity contribution < 1.29 is 9.00 Å². The van der Waals surface area contributed by atoms with Gasteiger partial charge in [0.1, 0.15) is 0 Å². The van der Waals surface area contributed by atoms with E-state index in [-0.39, 0.29) is 11.2 Å². The fraction of sp³-hybridized carbons (Fsp3) is 0.562. The summed E-state index contributed by atoms with van der Waals surface area (Å²) in [6.45, 7) is 2.22. The summed E-state index contributed by atoms with van der Waals surface area (Å²) < 4.78 is 12.3. The summed E-state index contributed by atoms with van der Waals surface area (Å²) in [5.74, 6) is 1.03. The third-order valence-corrected chi connectivity index (χ3v) is 5.76. The van der Waals surface area contributed by atoms with E-state index in [1.807, 2.05) is 0 Å². The van der Waals surface area contributed by atoms with Crippen LogP contribution in [0.15, 0.2) is 24.3 Å². The molecule has 1 saturated carbocycles. The maximum absolute atomic E-state index is 12.3. The van der Waals surface area contributed by atoms with Crippen LogP contribution in [-0.2, 0) is 15.6 Å². The van der Waals surface area contributed by atoms with E-state index in [4.69, 9.17) is 5.73 Å². The number of hydrogen-bond acceptors (Lipinski definition) is 3. The zero-order valence-corrected chi connectivity index (χ0v) is 13.3. The van der Waals surface area contributed by atoms with E-state index in [0.717, 1.165) is 24.9 Å². The van der Waals surface area contributed by atoms with E-state index in [1.54, 1.807) is 24.3 Å². The van der Waals surface area contributed by atoms with E-state index >= 15 is 0 Å². The molecule has 3 unspecified atom stereocenters. The monoisotopic (exact) mass is 308 g/mol. The van der Waals surface area contributed by atoms with Crippen LogP contribution in [0.25, 0.3) is 0 Å². The normalized spacial score (nSPS) is 23.5. The Labute approximate surface area is 129 Å². The molecule has 1 aliphatic carbocycles. The van der Waals surface area contributed by atoms with E-state index in [2.05, 4.69) is 12.2 Å². The molecule has 4 nitrogen and oxygen atoms in total. The van der Waals surface area contributed by atoms with Gasteiger partial charge in [0.15, 0.2) is 0 Å². The first-order valence-electron chi connectivity index (χ1n) is 7.57. The minimum atomic E-state index is -0.890. The van der Waals surface area contributed by atoms with Crippen molar-refractivity contribution in [3.8, 4) is 0 Å². The smallest absolute Gasteiger partial charge is 0.225 e. The van der Waals surface area contributed by atoms with Gasteiger partial charge in [0, 0.05) is 39.6 Å². The lowest BCUT2D eigenvalue weighted by molar-refractivity contribution is -0.115. The third kappa shape index (κ3) is 5.16. The molecule has 0 aliphatic heterocycles. The fourth-order valence-corrected chi connectivity index (χ4v) is 4.46. The van der Waals surface area contributed by atoms with Crippen LogP contribution in [0.2, 0.25) is 0 Å². The first-order chi connectivity index (χ1) is 10.0. The molecular formula is C16H24N2O2S. The molecule has 3 N–H and O–H groups in total. The topological polar surface area (TPSA) is 72.2 Å². The first-order valence-corrected chi connectivity index (χ1v) is 8.95. The van der Waals surface area contributed by atoms with Crippen molar-refractivity contribution in [3.05, 3.63) is 24.3 Å². The Balaban J connectivity index is 1.75. The average molecular weight is 308 g/mol. The number of carbonyl (C=O) groups excluding carboxylic acids is 1. The van der Waals surface area contributed by atoms with Gasteiger partial charge in [-0.05, 0) is 43.0 Å². The lowest BCUT2D eigenvalue weighted by Crippen LogP contribution is -2.26. The van der Waals surface area contributed by atoms with Gasteiger partial charge >= 0.3 is 0 Å². The maximum atomic E-state index is 12.3. The SMILES string of the molecule is CC1CCCC(S(=O)CCC(=O)Nc2ccc(N)cc2)C1. The molecule has 21 heavy (non-hydrogen) atoms. The Kier molecular flexibility index (Phi) is 5.79. The molecular weight excluding hydrogens is 284 g/mol. The summed E-state index contributed by atoms with van der Waals surface area (Å²) >= 11 is 0. The number of amides is 1. The second-order valence-electron chi connectivity index (χ2n) is 5.90. The molecule has 1 aromatic carbocycles. The molecule has 0 heterocycles. The van der Waals surface area contributed by atoms with Gasteiger partial charge in [0.2, 0.25) is 5.91 Å². The van der Waals surface area contributed by atoms with Crippen molar-refractivity contribution in [1.29, 1.82) is 0 Å². The van der Waals surface area contributed by atoms with Crippen LogP contribution in [0.5, 0.6) is 0 Å². The highest BCUT2D eigenvalue weighted by atomic mass is 32.2. The number of hydrogen-bond donors (Lipinski definition) is 2. The van der Waals surface area contributed by atoms with Crippen LogP contribution in [-0.4, -0.2) is 21.1 Å². The summed E-state index contributed by atoms with van der Waals surface area (Å²) in [5.41, 5.74) is 6.99. The number of nitrogen functional groups attached to an aromatic ring is 1. The molecule has 1 amide bonds. The predicted molar refractivity (Wildman–Crippen MR) is 88.5 cm³/mol. The standard InChI is InChI=1S/C16H24N2O2S/c1-12-3-2-4-15(11-12)21(20)10-9-16(19)18-14-7-5-13(17)6-8-14/h5-8,12,15H,2-4,9-11,17H2,1H3,(H,18,19). The quantitative estimate of drug-likeness (QED) is 0.822. The van der Waals surface area contributed by atoms with E-state index < -0.39 is 10.8 Å². The van der Waals surface area contributed by atoms with Crippen molar-refractivity contribution in [2.45, 2.75) is 44.3 Å². The summed E-state index contributed by atoms with van der Waals surface area (Å²) in [5, 5.41) is 3.08. The fourth-order valence-electron chi connectivity index (χ4n) is 2.77. The molecule has 1 aliphatic rings. The Hall–Kier alpha value is -1.36. The largest absolute Gasteiger partial charge is 0.399 e. The minimum absolute atomic E-state index is 0.0861.